The number of quaternary nitrogens is 1. The maximum atomic E-state index is 14.4. The number of carbonyl (C=O) groups is 6. The summed E-state index contributed by atoms with van der Waals surface area (Å²) in [6, 6.07) is 3.06. The Kier molecular flexibility index (Phi) is 12.3. The van der Waals surface area contributed by atoms with Gasteiger partial charge in [-0.3, -0.25) is 19.2 Å². The minimum absolute atomic E-state index is 0.0180. The number of hydroxylamine groups is 2. The van der Waals surface area contributed by atoms with Gasteiger partial charge in [0, 0.05) is 44.5 Å². The van der Waals surface area contributed by atoms with Crippen LogP contribution >= 0.6 is 0 Å². The van der Waals surface area contributed by atoms with Gasteiger partial charge in [-0.1, -0.05) is 12.1 Å². The highest BCUT2D eigenvalue weighted by atomic mass is 19.4. The predicted octanol–water partition coefficient (Wildman–Crippen LogP) is 1.88. The molecule has 0 bridgehead atoms. The average molecular weight is 721 g/mol. The van der Waals surface area contributed by atoms with E-state index in [0.29, 0.717) is 6.54 Å². The third-order valence-corrected chi connectivity index (χ3v) is 7.91. The van der Waals surface area contributed by atoms with Crippen molar-refractivity contribution in [3.05, 3.63) is 35.4 Å². The molecule has 2 fully saturated rings. The van der Waals surface area contributed by atoms with Crippen LogP contribution in [0, 0.1) is 0 Å². The summed E-state index contributed by atoms with van der Waals surface area (Å²) in [5.41, 5.74) is -5.85. The van der Waals surface area contributed by atoms with Crippen LogP contribution in [0.1, 0.15) is 41.6 Å². The van der Waals surface area contributed by atoms with E-state index in [4.69, 9.17) is 4.84 Å². The van der Waals surface area contributed by atoms with Gasteiger partial charge < -0.3 is 20.8 Å². The maximum Gasteiger partial charge on any atom is 0.509 e. The minimum atomic E-state index is -6.35. The quantitative estimate of drug-likeness (QED) is 0.172. The van der Waals surface area contributed by atoms with Crippen molar-refractivity contribution in [2.45, 2.75) is 56.3 Å². The largest absolute Gasteiger partial charge is 0.509 e. The van der Waals surface area contributed by atoms with Crippen LogP contribution in [0.2, 0.25) is 0 Å². The van der Waals surface area contributed by atoms with Crippen molar-refractivity contribution in [1.82, 2.24) is 21.0 Å². The summed E-state index contributed by atoms with van der Waals surface area (Å²) < 4.78 is 126. The molecular weight excluding hydrogens is 689 g/mol. The minimum Gasteiger partial charge on any atom is -0.325 e. The van der Waals surface area contributed by atoms with Gasteiger partial charge in [-0.05, 0) is 31.6 Å². The molecule has 0 aromatic heterocycles. The number of amides is 3. The highest BCUT2D eigenvalue weighted by Gasteiger charge is 2.78. The Balaban J connectivity index is 2.27. The number of hydrogen-bond donors (Lipinski definition) is 3. The Morgan fingerprint density at radius 3 is 1.69 bits per heavy atom. The molecule has 1 unspecified atom stereocenters. The first-order valence-corrected chi connectivity index (χ1v) is 14.7. The molecule has 0 aliphatic carbocycles. The van der Waals surface area contributed by atoms with Gasteiger partial charge >= 0.3 is 42.0 Å². The van der Waals surface area contributed by atoms with Gasteiger partial charge in [0.05, 0.1) is 18.7 Å². The highest BCUT2D eigenvalue weighted by molar-refractivity contribution is 6.15. The van der Waals surface area contributed by atoms with Gasteiger partial charge in [0.15, 0.2) is 0 Å². The zero-order valence-corrected chi connectivity index (χ0v) is 25.4. The molecule has 0 radical (unpaired) electrons. The molecule has 21 heteroatoms. The number of benzene rings is 1. The Hall–Kier alpha value is -3.95. The van der Waals surface area contributed by atoms with E-state index in [1.54, 1.807) is 0 Å². The van der Waals surface area contributed by atoms with Crippen LogP contribution in [-0.2, 0) is 35.4 Å². The molecule has 1 aromatic carbocycles. The van der Waals surface area contributed by atoms with Crippen LogP contribution in [0.5, 0.6) is 0 Å². The van der Waals surface area contributed by atoms with E-state index in [9.17, 15) is 68.3 Å². The maximum absolute atomic E-state index is 14.4. The first kappa shape index (κ1) is 39.5. The molecule has 49 heavy (non-hydrogen) atoms. The molecule has 2 aliphatic rings. The van der Waals surface area contributed by atoms with E-state index in [0.717, 1.165) is 24.3 Å². The number of Topliss-reactive ketones (excluding diaryl/α,β-unsaturated/α-hetero) is 2. The molecule has 2 heterocycles. The lowest BCUT2D eigenvalue weighted by Crippen LogP contribution is -2.81. The molecule has 3 rings (SSSR count). The van der Waals surface area contributed by atoms with Crippen LogP contribution in [0.25, 0.3) is 0 Å². The zero-order valence-electron chi connectivity index (χ0n) is 25.4. The Morgan fingerprint density at radius 1 is 0.714 bits per heavy atom. The summed E-state index contributed by atoms with van der Waals surface area (Å²) >= 11 is 0. The molecular formula is C28H31F9N5O7+. The van der Waals surface area contributed by atoms with Crippen molar-refractivity contribution < 1.29 is 77.6 Å². The summed E-state index contributed by atoms with van der Waals surface area (Å²) in [7, 11) is 0. The first-order valence-electron chi connectivity index (χ1n) is 14.7. The van der Waals surface area contributed by atoms with Crippen molar-refractivity contribution in [3.63, 3.8) is 0 Å². The fourth-order valence-electron chi connectivity index (χ4n) is 5.63. The molecule has 2 saturated heterocycles. The normalized spacial score (nSPS) is 21.9. The number of hydrogen-bond acceptors (Lipinski definition) is 10. The molecule has 0 spiro atoms. The van der Waals surface area contributed by atoms with E-state index < -0.39 is 108 Å². The van der Waals surface area contributed by atoms with Crippen molar-refractivity contribution in [2.24, 2.45) is 0 Å². The summed E-state index contributed by atoms with van der Waals surface area (Å²) in [5.74, 6) is -13.4. The smallest absolute Gasteiger partial charge is 0.325 e. The molecule has 3 N–H and O–H groups in total. The highest BCUT2D eigenvalue weighted by Crippen LogP contribution is 2.43. The fourth-order valence-corrected chi connectivity index (χ4v) is 5.63. The average Bonchev–Trinajstić information content (AvgIpc) is 3.32. The van der Waals surface area contributed by atoms with E-state index in [1.165, 1.54) is 0 Å². The number of halogens is 9. The lowest BCUT2D eigenvalue weighted by atomic mass is 9.80. The zero-order chi connectivity index (χ0) is 36.8. The third kappa shape index (κ3) is 8.81. The number of imide groups is 1. The monoisotopic (exact) mass is 720 g/mol. The summed E-state index contributed by atoms with van der Waals surface area (Å²) in [6.45, 7) is -5.39. The van der Waals surface area contributed by atoms with Crippen LogP contribution in [0.3, 0.4) is 0 Å². The third-order valence-electron chi connectivity index (χ3n) is 7.91. The van der Waals surface area contributed by atoms with E-state index in [1.807, 2.05) is 0 Å². The molecule has 272 valence electrons. The Bertz CT molecular complexity index is 1390. The lowest BCUT2D eigenvalue weighted by Gasteiger charge is -2.49. The number of carbonyl (C=O) groups excluding carboxylic acids is 6. The van der Waals surface area contributed by atoms with Crippen LogP contribution in [-0.4, -0.2) is 115 Å². The molecule has 12 nitrogen and oxygen atoms in total. The molecule has 0 saturated carbocycles. The second-order valence-electron chi connectivity index (χ2n) is 11.2. The van der Waals surface area contributed by atoms with E-state index in [2.05, 4.69) is 16.0 Å². The molecule has 1 atom stereocenters. The summed E-state index contributed by atoms with van der Waals surface area (Å²) in [4.78, 5) is 80.6. The number of nitrogens with zero attached hydrogens (tertiary/aromatic N) is 2. The van der Waals surface area contributed by atoms with Crippen molar-refractivity contribution in [1.29, 1.82) is 0 Å². The predicted molar refractivity (Wildman–Crippen MR) is 146 cm³/mol. The molecule has 1 aromatic rings. The van der Waals surface area contributed by atoms with Gasteiger partial charge in [0.2, 0.25) is 0 Å². The molecule has 3 amide bonds. The van der Waals surface area contributed by atoms with Gasteiger partial charge in [0.1, 0.15) is 6.54 Å². The van der Waals surface area contributed by atoms with Crippen molar-refractivity contribution in [3.8, 4) is 0 Å². The fraction of sp³-hybridized carbons (Fsp3) is 0.571. The number of nitrogens with one attached hydrogen (secondary N) is 3. The Labute approximate surface area is 271 Å². The van der Waals surface area contributed by atoms with Crippen LogP contribution in [0.4, 0.5) is 39.5 Å². The summed E-state index contributed by atoms with van der Waals surface area (Å²) in [5, 5.41) is 7.89. The number of rotatable bonds is 6. The second-order valence-corrected chi connectivity index (χ2v) is 11.2. The van der Waals surface area contributed by atoms with Gasteiger partial charge in [-0.15, -0.1) is 5.06 Å². The van der Waals surface area contributed by atoms with Gasteiger partial charge in [0.25, 0.3) is 17.4 Å². The van der Waals surface area contributed by atoms with E-state index in [-0.39, 0.29) is 44.0 Å². The Morgan fingerprint density at radius 2 is 1.20 bits per heavy atom. The first-order chi connectivity index (χ1) is 22.7. The topological polar surface area (TPSA) is 151 Å². The SMILES string of the molecule is O=C(ON1C(=O)CCC1=O)c1ccc(C[N+]2(C(=O)C(F)(F)F)CCCNCCNCCCNCC2(C(=O)C(F)(F)F)C(=O)C(F)(F)F)cc1. The standard InChI is InChI=1S/C28H31F9N5O7/c29-26(30,31)22(46)25(23(47)27(32,33)34)16-40-10-1-9-38-12-13-39-11-2-14-42(25,24(48)28(35,36)37)15-17-3-5-18(6-4-17)21(45)49-41-19(43)7-8-20(41)44/h3-6,38-40H,1-2,7-16H2/q+1. The van der Waals surface area contributed by atoms with Crippen LogP contribution < -0.4 is 16.0 Å². The second kappa shape index (κ2) is 15.3. The number of ketones is 2. The van der Waals surface area contributed by atoms with E-state index >= 15 is 0 Å². The van der Waals surface area contributed by atoms with Crippen molar-refractivity contribution in [2.75, 3.05) is 45.8 Å². The lowest BCUT2D eigenvalue weighted by molar-refractivity contribution is -0.903. The van der Waals surface area contributed by atoms with Gasteiger partial charge in [-0.2, -0.15) is 39.5 Å². The van der Waals surface area contributed by atoms with Gasteiger partial charge in [-0.25, -0.2) is 14.1 Å². The van der Waals surface area contributed by atoms with Crippen LogP contribution in [0.15, 0.2) is 24.3 Å². The summed E-state index contributed by atoms with van der Waals surface area (Å²) in [6.07, 6.45) is -20.1. The number of alkyl halides is 9. The molecule has 2 aliphatic heterocycles. The van der Waals surface area contributed by atoms with Crippen molar-refractivity contribution >= 4 is 35.3 Å².